The number of hydrogen-bond acceptors (Lipinski definition) is 4. The van der Waals surface area contributed by atoms with Gasteiger partial charge in [-0.1, -0.05) is 18.2 Å². The molecule has 0 saturated carbocycles. The normalized spacial score (nSPS) is 11.3. The zero-order chi connectivity index (χ0) is 13.2. The van der Waals surface area contributed by atoms with Gasteiger partial charge in [0.15, 0.2) is 5.82 Å². The van der Waals surface area contributed by atoms with E-state index in [1.54, 1.807) is 7.05 Å². The lowest BCUT2D eigenvalue weighted by molar-refractivity contribution is 0.625. The van der Waals surface area contributed by atoms with E-state index in [0.29, 0.717) is 18.9 Å². The van der Waals surface area contributed by atoms with Crippen molar-refractivity contribution in [2.75, 3.05) is 6.54 Å². The molecule has 0 radical (unpaired) electrons. The van der Waals surface area contributed by atoms with Crippen molar-refractivity contribution >= 4 is 10.9 Å². The molecule has 0 unspecified atom stereocenters. The molecule has 0 aliphatic rings. The Kier molecular flexibility index (Phi) is 3.00. The van der Waals surface area contributed by atoms with Gasteiger partial charge in [-0.25, -0.2) is 0 Å². The van der Waals surface area contributed by atoms with E-state index in [-0.39, 0.29) is 0 Å². The summed E-state index contributed by atoms with van der Waals surface area (Å²) >= 11 is 0. The molecule has 98 valence electrons. The fraction of sp³-hybridized carbons (Fsp3) is 0.308. The third kappa shape index (κ3) is 2.22. The summed E-state index contributed by atoms with van der Waals surface area (Å²) in [5.41, 5.74) is 8.15. The smallest absolute Gasteiger partial charge is 0.194 e. The van der Waals surface area contributed by atoms with Gasteiger partial charge in [0.2, 0.25) is 0 Å². The van der Waals surface area contributed by atoms with Crippen molar-refractivity contribution in [3.63, 3.8) is 0 Å². The number of nitrogens with two attached hydrogens (primary N) is 1. The molecule has 6 heteroatoms. The second-order valence-corrected chi connectivity index (χ2v) is 4.53. The third-order valence-corrected chi connectivity index (χ3v) is 3.15. The van der Waals surface area contributed by atoms with Crippen molar-refractivity contribution in [2.45, 2.75) is 13.0 Å². The summed E-state index contributed by atoms with van der Waals surface area (Å²) in [7, 11) is 1.77. The number of hydrogen-bond donors (Lipinski definition) is 1. The third-order valence-electron chi connectivity index (χ3n) is 3.15. The van der Waals surface area contributed by atoms with Crippen LogP contribution in [0, 0.1) is 0 Å². The molecule has 2 N–H and O–H groups in total. The maximum atomic E-state index is 5.68. The second kappa shape index (κ2) is 4.81. The van der Waals surface area contributed by atoms with E-state index < -0.39 is 0 Å². The molecule has 0 amide bonds. The lowest BCUT2D eigenvalue weighted by Gasteiger charge is -2.07. The summed E-state index contributed by atoms with van der Waals surface area (Å²) in [5.74, 6) is 0.711. The average Bonchev–Trinajstić information content (AvgIpc) is 2.98. The predicted octanol–water partition coefficient (Wildman–Crippen LogP) is 0.714. The molecule has 0 atom stereocenters. The van der Waals surface area contributed by atoms with Crippen LogP contribution in [0.2, 0.25) is 0 Å². The van der Waals surface area contributed by atoms with Crippen LogP contribution in [0.4, 0.5) is 0 Å². The highest BCUT2D eigenvalue weighted by atomic mass is 15.6. The zero-order valence-electron chi connectivity index (χ0n) is 10.8. The quantitative estimate of drug-likeness (QED) is 0.746. The Morgan fingerprint density at radius 3 is 2.89 bits per heavy atom. The number of para-hydroxylation sites is 1. The van der Waals surface area contributed by atoms with Crippen LogP contribution in [0.1, 0.15) is 11.4 Å². The van der Waals surface area contributed by atoms with Gasteiger partial charge in [-0.2, -0.15) is 4.80 Å². The summed E-state index contributed by atoms with van der Waals surface area (Å²) in [6.07, 6.45) is 2.93. The number of nitrogens with zero attached hydrogens (tertiary/aromatic N) is 5. The van der Waals surface area contributed by atoms with E-state index >= 15 is 0 Å². The number of fused-ring (bicyclic) bond motifs is 1. The number of aromatic nitrogens is 5. The van der Waals surface area contributed by atoms with Gasteiger partial charge in [-0.05, 0) is 35.2 Å². The topological polar surface area (TPSA) is 74.5 Å². The fourth-order valence-corrected chi connectivity index (χ4v) is 2.37. The van der Waals surface area contributed by atoms with Crippen molar-refractivity contribution in [1.29, 1.82) is 0 Å². The van der Waals surface area contributed by atoms with Crippen LogP contribution in [0.15, 0.2) is 30.5 Å². The Morgan fingerprint density at radius 1 is 1.26 bits per heavy atom. The zero-order valence-corrected chi connectivity index (χ0v) is 10.8. The maximum Gasteiger partial charge on any atom is 0.194 e. The lowest BCUT2D eigenvalue weighted by Crippen LogP contribution is -2.06. The minimum Gasteiger partial charge on any atom is -0.339 e. The van der Waals surface area contributed by atoms with Crippen molar-refractivity contribution in [2.24, 2.45) is 12.8 Å². The summed E-state index contributed by atoms with van der Waals surface area (Å²) < 4.78 is 2.15. The van der Waals surface area contributed by atoms with Crippen molar-refractivity contribution in [1.82, 2.24) is 24.8 Å². The molecule has 0 aliphatic carbocycles. The summed E-state index contributed by atoms with van der Waals surface area (Å²) in [4.78, 5) is 1.47. The van der Waals surface area contributed by atoms with E-state index in [2.05, 4.69) is 50.4 Å². The van der Waals surface area contributed by atoms with Gasteiger partial charge < -0.3 is 10.3 Å². The van der Waals surface area contributed by atoms with E-state index in [1.165, 1.54) is 21.3 Å². The highest BCUT2D eigenvalue weighted by Crippen LogP contribution is 2.21. The largest absolute Gasteiger partial charge is 0.339 e. The Balaban J connectivity index is 2.03. The standard InChI is InChI=1S/C13H16N6/c1-18-16-12(15-17-18)9-19-8-6-11-4-2-3-10(5-7-14)13(11)19/h2-4,6,8H,5,7,9,14H2,1H3. The highest BCUT2D eigenvalue weighted by molar-refractivity contribution is 5.83. The van der Waals surface area contributed by atoms with E-state index in [9.17, 15) is 0 Å². The van der Waals surface area contributed by atoms with E-state index in [4.69, 9.17) is 5.73 Å². The number of tetrazole rings is 1. The number of aryl methyl sites for hydroxylation is 1. The van der Waals surface area contributed by atoms with Gasteiger partial charge in [0.25, 0.3) is 0 Å². The van der Waals surface area contributed by atoms with Gasteiger partial charge in [0, 0.05) is 6.20 Å². The van der Waals surface area contributed by atoms with Crippen LogP contribution in [-0.2, 0) is 20.0 Å². The van der Waals surface area contributed by atoms with Crippen LogP contribution in [0.5, 0.6) is 0 Å². The summed E-state index contributed by atoms with van der Waals surface area (Å²) in [6, 6.07) is 8.40. The fourth-order valence-electron chi connectivity index (χ4n) is 2.37. The first kappa shape index (κ1) is 11.9. The minimum atomic E-state index is 0.624. The molecule has 0 saturated heterocycles. The molecule has 0 spiro atoms. The van der Waals surface area contributed by atoms with Crippen molar-refractivity contribution in [3.05, 3.63) is 41.9 Å². The molecule has 19 heavy (non-hydrogen) atoms. The molecule has 3 rings (SSSR count). The number of rotatable bonds is 4. The summed E-state index contributed by atoms with van der Waals surface area (Å²) in [6.45, 7) is 1.27. The molecule has 0 aliphatic heterocycles. The van der Waals surface area contributed by atoms with E-state index in [1.807, 2.05) is 0 Å². The Hall–Kier alpha value is -2.21. The molecule has 2 heterocycles. The SMILES string of the molecule is Cn1nnc(Cn2ccc3cccc(CCN)c32)n1. The first-order chi connectivity index (χ1) is 9.28. The molecule has 0 bridgehead atoms. The highest BCUT2D eigenvalue weighted by Gasteiger charge is 2.08. The Bertz CT molecular complexity index is 696. The molecule has 6 nitrogen and oxygen atoms in total. The van der Waals surface area contributed by atoms with E-state index in [0.717, 1.165) is 6.42 Å². The summed E-state index contributed by atoms with van der Waals surface area (Å²) in [5, 5.41) is 13.3. The second-order valence-electron chi connectivity index (χ2n) is 4.53. The van der Waals surface area contributed by atoms with Gasteiger partial charge >= 0.3 is 0 Å². The minimum absolute atomic E-state index is 0.624. The molecule has 3 aromatic rings. The van der Waals surface area contributed by atoms with Crippen LogP contribution < -0.4 is 5.73 Å². The molecule has 2 aromatic heterocycles. The van der Waals surface area contributed by atoms with Crippen LogP contribution in [0.3, 0.4) is 0 Å². The van der Waals surface area contributed by atoms with Crippen LogP contribution in [0.25, 0.3) is 10.9 Å². The van der Waals surface area contributed by atoms with Gasteiger partial charge in [-0.3, -0.25) is 0 Å². The van der Waals surface area contributed by atoms with Crippen molar-refractivity contribution in [3.8, 4) is 0 Å². The van der Waals surface area contributed by atoms with Gasteiger partial charge in [0.05, 0.1) is 19.1 Å². The Morgan fingerprint density at radius 2 is 2.16 bits per heavy atom. The first-order valence-corrected chi connectivity index (χ1v) is 6.27. The molecule has 0 fully saturated rings. The van der Waals surface area contributed by atoms with Crippen LogP contribution in [-0.4, -0.2) is 31.3 Å². The molecular weight excluding hydrogens is 240 g/mol. The lowest BCUT2D eigenvalue weighted by atomic mass is 10.1. The predicted molar refractivity (Wildman–Crippen MR) is 72.6 cm³/mol. The van der Waals surface area contributed by atoms with Crippen molar-refractivity contribution < 1.29 is 0 Å². The molecule has 1 aromatic carbocycles. The van der Waals surface area contributed by atoms with Gasteiger partial charge in [-0.15, -0.1) is 10.2 Å². The molecular formula is C13H16N6. The van der Waals surface area contributed by atoms with Gasteiger partial charge in [0.1, 0.15) is 0 Å². The maximum absolute atomic E-state index is 5.68. The first-order valence-electron chi connectivity index (χ1n) is 6.27. The Labute approximate surface area is 110 Å². The van der Waals surface area contributed by atoms with Crippen LogP contribution >= 0.6 is 0 Å². The average molecular weight is 256 g/mol. The monoisotopic (exact) mass is 256 g/mol. The number of benzene rings is 1.